The first kappa shape index (κ1) is 21.3. The van der Waals surface area contributed by atoms with Gasteiger partial charge in [0, 0.05) is 29.3 Å². The summed E-state index contributed by atoms with van der Waals surface area (Å²) in [4.78, 5) is 28.7. The van der Waals surface area contributed by atoms with Gasteiger partial charge in [-0.1, -0.05) is 6.07 Å². The van der Waals surface area contributed by atoms with E-state index in [1.165, 1.54) is 0 Å². The van der Waals surface area contributed by atoms with Gasteiger partial charge < -0.3 is 25.2 Å². The molecule has 1 aliphatic rings. The van der Waals surface area contributed by atoms with Gasteiger partial charge in [-0.3, -0.25) is 9.59 Å². The summed E-state index contributed by atoms with van der Waals surface area (Å²) in [6.45, 7) is 5.69. The summed E-state index contributed by atoms with van der Waals surface area (Å²) < 4.78 is 5.37. The van der Waals surface area contributed by atoms with E-state index >= 15 is 0 Å². The lowest BCUT2D eigenvalue weighted by Gasteiger charge is -2.28. The molecule has 0 bridgehead atoms. The van der Waals surface area contributed by atoms with Crippen LogP contribution in [0, 0.1) is 0 Å². The average Bonchev–Trinajstić information content (AvgIpc) is 3.24. The van der Waals surface area contributed by atoms with Crippen LogP contribution in [0.15, 0.2) is 41.8 Å². The van der Waals surface area contributed by atoms with Crippen LogP contribution in [0.4, 0.5) is 11.4 Å². The quantitative estimate of drug-likeness (QED) is 0.597. The fraction of sp³-hybridized carbons (Fsp3) is 0.429. The van der Waals surface area contributed by atoms with Gasteiger partial charge in [-0.25, -0.2) is 0 Å². The summed E-state index contributed by atoms with van der Waals surface area (Å²) >= 11 is 1.62. The molecule has 1 aromatic carbocycles. The van der Waals surface area contributed by atoms with Crippen LogP contribution in [0.25, 0.3) is 0 Å². The molecule has 3 rings (SSSR count). The van der Waals surface area contributed by atoms with E-state index < -0.39 is 0 Å². The molecule has 29 heavy (non-hydrogen) atoms. The van der Waals surface area contributed by atoms with E-state index in [4.69, 9.17) is 4.74 Å². The fourth-order valence-electron chi connectivity index (χ4n) is 3.29. The van der Waals surface area contributed by atoms with Crippen LogP contribution in [-0.2, 0) is 14.3 Å². The van der Waals surface area contributed by atoms with Gasteiger partial charge in [0.15, 0.2) is 13.1 Å². The molecule has 1 fully saturated rings. The predicted molar refractivity (Wildman–Crippen MR) is 116 cm³/mol. The number of benzene rings is 1. The number of anilines is 2. The minimum Gasteiger partial charge on any atom is -0.378 e. The number of nitrogens with zero attached hydrogens (tertiary/aromatic N) is 1. The Hall–Kier alpha value is -2.42. The fourth-order valence-corrected chi connectivity index (χ4v) is 4.03. The summed E-state index contributed by atoms with van der Waals surface area (Å²) in [5.41, 5.74) is 1.89. The van der Waals surface area contributed by atoms with E-state index in [0.717, 1.165) is 47.5 Å². The van der Waals surface area contributed by atoms with Crippen molar-refractivity contribution >= 4 is 34.5 Å². The minimum atomic E-state index is -0.110. The van der Waals surface area contributed by atoms with Crippen LogP contribution in [0.2, 0.25) is 0 Å². The number of quaternary nitrogens is 1. The van der Waals surface area contributed by atoms with Gasteiger partial charge >= 0.3 is 0 Å². The number of ether oxygens (including phenoxy) is 1. The van der Waals surface area contributed by atoms with Crippen molar-refractivity contribution in [3.05, 3.63) is 46.7 Å². The van der Waals surface area contributed by atoms with Crippen molar-refractivity contribution in [3.63, 3.8) is 0 Å². The number of thiophene rings is 1. The molecular formula is C21H29N4O3S+. The molecule has 1 saturated heterocycles. The molecule has 1 aromatic heterocycles. The molecule has 8 heteroatoms. The van der Waals surface area contributed by atoms with Crippen LogP contribution >= 0.6 is 11.3 Å². The van der Waals surface area contributed by atoms with Gasteiger partial charge in [-0.05, 0) is 42.6 Å². The SMILES string of the molecule is C[C@@H](NC(=O)C[NH+](C)CC(=O)Nc1ccc(N2CCOCC2)cc1)c1cccs1. The van der Waals surface area contributed by atoms with Crippen LogP contribution in [0.1, 0.15) is 17.8 Å². The Kier molecular flexibility index (Phi) is 7.62. The number of rotatable bonds is 8. The van der Waals surface area contributed by atoms with Crippen molar-refractivity contribution in [2.45, 2.75) is 13.0 Å². The normalized spacial score (nSPS) is 16.1. The third kappa shape index (κ3) is 6.56. The van der Waals surface area contributed by atoms with Crippen molar-refractivity contribution < 1.29 is 19.2 Å². The zero-order valence-corrected chi connectivity index (χ0v) is 17.8. The molecule has 0 aliphatic carbocycles. The summed E-state index contributed by atoms with van der Waals surface area (Å²) in [5, 5.41) is 7.88. The highest BCUT2D eigenvalue weighted by atomic mass is 32.1. The summed E-state index contributed by atoms with van der Waals surface area (Å²) in [7, 11) is 1.84. The molecule has 0 radical (unpaired) electrons. The number of carbonyl (C=O) groups excluding carboxylic acids is 2. The van der Waals surface area contributed by atoms with Crippen LogP contribution in [0.5, 0.6) is 0 Å². The number of amides is 2. The molecule has 1 aliphatic heterocycles. The van der Waals surface area contributed by atoms with Crippen molar-refractivity contribution in [1.82, 2.24) is 5.32 Å². The second kappa shape index (κ2) is 10.4. The second-order valence-corrected chi connectivity index (χ2v) is 8.29. The first-order valence-electron chi connectivity index (χ1n) is 9.88. The molecule has 156 valence electrons. The molecule has 3 N–H and O–H groups in total. The molecule has 2 heterocycles. The summed E-state index contributed by atoms with van der Waals surface area (Å²) in [6.07, 6.45) is 0. The van der Waals surface area contributed by atoms with Crippen molar-refractivity contribution in [3.8, 4) is 0 Å². The van der Waals surface area contributed by atoms with Gasteiger partial charge in [0.25, 0.3) is 11.8 Å². The number of nitrogens with one attached hydrogen (secondary N) is 3. The number of hydrogen-bond acceptors (Lipinski definition) is 5. The molecule has 0 saturated carbocycles. The Morgan fingerprint density at radius 3 is 2.48 bits per heavy atom. The van der Waals surface area contributed by atoms with E-state index in [1.807, 2.05) is 55.7 Å². The number of likely N-dealkylation sites (N-methyl/N-ethyl adjacent to an activating group) is 1. The zero-order valence-electron chi connectivity index (χ0n) is 16.9. The van der Waals surface area contributed by atoms with Gasteiger partial charge in [-0.15, -0.1) is 11.3 Å². The first-order chi connectivity index (χ1) is 14.0. The lowest BCUT2D eigenvalue weighted by atomic mass is 10.2. The maximum Gasteiger partial charge on any atom is 0.279 e. The third-order valence-corrected chi connectivity index (χ3v) is 5.85. The minimum absolute atomic E-state index is 0.0193. The van der Waals surface area contributed by atoms with Crippen molar-refractivity contribution in [2.24, 2.45) is 0 Å². The Balaban J connectivity index is 1.41. The largest absolute Gasteiger partial charge is 0.378 e. The van der Waals surface area contributed by atoms with Gasteiger partial charge in [0.05, 0.1) is 26.3 Å². The smallest absolute Gasteiger partial charge is 0.279 e. The molecule has 2 atom stereocenters. The molecule has 2 amide bonds. The Morgan fingerprint density at radius 2 is 1.83 bits per heavy atom. The van der Waals surface area contributed by atoms with Crippen LogP contribution in [-0.4, -0.2) is 58.3 Å². The second-order valence-electron chi connectivity index (χ2n) is 7.31. The van der Waals surface area contributed by atoms with Crippen LogP contribution < -0.4 is 20.4 Å². The van der Waals surface area contributed by atoms with E-state index in [0.29, 0.717) is 0 Å². The van der Waals surface area contributed by atoms with Gasteiger partial charge in [0.2, 0.25) is 0 Å². The maximum absolute atomic E-state index is 12.3. The highest BCUT2D eigenvalue weighted by Gasteiger charge is 2.17. The molecule has 0 spiro atoms. The topological polar surface area (TPSA) is 75.1 Å². The average molecular weight is 418 g/mol. The number of hydrogen-bond donors (Lipinski definition) is 3. The number of carbonyl (C=O) groups is 2. The summed E-state index contributed by atoms with van der Waals surface area (Å²) in [5.74, 6) is -0.174. The first-order valence-corrected chi connectivity index (χ1v) is 10.8. The van der Waals surface area contributed by atoms with Crippen molar-refractivity contribution in [1.29, 1.82) is 0 Å². The molecule has 7 nitrogen and oxygen atoms in total. The highest BCUT2D eigenvalue weighted by molar-refractivity contribution is 7.10. The van der Waals surface area contributed by atoms with E-state index in [1.54, 1.807) is 11.3 Å². The lowest BCUT2D eigenvalue weighted by Crippen LogP contribution is -3.11. The molecular weight excluding hydrogens is 388 g/mol. The zero-order chi connectivity index (χ0) is 20.6. The van der Waals surface area contributed by atoms with Crippen LogP contribution in [0.3, 0.4) is 0 Å². The van der Waals surface area contributed by atoms with Gasteiger partial charge in [-0.2, -0.15) is 0 Å². The van der Waals surface area contributed by atoms with Gasteiger partial charge in [0.1, 0.15) is 0 Å². The molecule has 2 aromatic rings. The Labute approximate surface area is 175 Å². The van der Waals surface area contributed by atoms with Crippen molar-refractivity contribution in [2.75, 3.05) is 56.7 Å². The third-order valence-electron chi connectivity index (χ3n) is 4.80. The Morgan fingerprint density at radius 1 is 1.14 bits per heavy atom. The van der Waals surface area contributed by atoms with E-state index in [-0.39, 0.29) is 30.9 Å². The Bertz CT molecular complexity index is 789. The standard InChI is InChI=1S/C21H28N4O3S/c1-16(19-4-3-13-29-19)22-20(26)14-24(2)15-21(27)23-17-5-7-18(8-6-17)25-9-11-28-12-10-25/h3-8,13,16H,9-12,14-15H2,1-2H3,(H,22,26)(H,23,27)/p+1/t16-/m1/s1. The monoisotopic (exact) mass is 417 g/mol. The lowest BCUT2D eigenvalue weighted by molar-refractivity contribution is -0.862. The molecule has 1 unspecified atom stereocenters. The predicted octanol–water partition coefficient (Wildman–Crippen LogP) is 0.915. The van der Waals surface area contributed by atoms with E-state index in [2.05, 4.69) is 15.5 Å². The van der Waals surface area contributed by atoms with E-state index in [9.17, 15) is 9.59 Å². The highest BCUT2D eigenvalue weighted by Crippen LogP contribution is 2.19. The number of morpholine rings is 1. The maximum atomic E-state index is 12.3. The summed E-state index contributed by atoms with van der Waals surface area (Å²) in [6, 6.07) is 11.8.